The van der Waals surface area contributed by atoms with E-state index < -0.39 is 5.91 Å². The van der Waals surface area contributed by atoms with Crippen LogP contribution in [0.2, 0.25) is 0 Å². The largest absolute Gasteiger partial charge is 0.494 e. The van der Waals surface area contributed by atoms with E-state index in [-0.39, 0.29) is 5.57 Å². The average Bonchev–Trinajstić information content (AvgIpc) is 2.78. The van der Waals surface area contributed by atoms with E-state index in [2.05, 4.69) is 5.32 Å². The van der Waals surface area contributed by atoms with Gasteiger partial charge in [-0.1, -0.05) is 42.5 Å². The van der Waals surface area contributed by atoms with Gasteiger partial charge in [-0.3, -0.25) is 4.79 Å². The minimum absolute atomic E-state index is 0.00379. The maximum absolute atomic E-state index is 12.5. The Morgan fingerprint density at radius 2 is 1.73 bits per heavy atom. The van der Waals surface area contributed by atoms with Crippen molar-refractivity contribution in [2.45, 2.75) is 13.5 Å². The van der Waals surface area contributed by atoms with Crippen LogP contribution in [0.1, 0.15) is 18.1 Å². The molecule has 0 saturated heterocycles. The van der Waals surface area contributed by atoms with E-state index in [1.165, 1.54) is 0 Å². The van der Waals surface area contributed by atoms with Crippen LogP contribution in [-0.4, -0.2) is 12.5 Å². The molecule has 0 radical (unpaired) electrons. The number of nitriles is 1. The van der Waals surface area contributed by atoms with E-state index >= 15 is 0 Å². The Labute approximate surface area is 176 Å². The van der Waals surface area contributed by atoms with Gasteiger partial charge >= 0.3 is 0 Å². The summed E-state index contributed by atoms with van der Waals surface area (Å²) in [5.41, 5.74) is 2.36. The third kappa shape index (κ3) is 5.98. The monoisotopic (exact) mass is 398 g/mol. The van der Waals surface area contributed by atoms with E-state index in [1.807, 2.05) is 61.5 Å². The van der Waals surface area contributed by atoms with Gasteiger partial charge in [0.05, 0.1) is 6.61 Å². The molecule has 5 nitrogen and oxygen atoms in total. The maximum atomic E-state index is 12.5. The van der Waals surface area contributed by atoms with Gasteiger partial charge in [0, 0.05) is 5.69 Å². The quantitative estimate of drug-likeness (QED) is 0.418. The van der Waals surface area contributed by atoms with E-state index in [1.54, 1.807) is 36.4 Å². The molecule has 150 valence electrons. The Morgan fingerprint density at radius 1 is 0.967 bits per heavy atom. The molecule has 0 heterocycles. The first-order valence-electron chi connectivity index (χ1n) is 9.60. The number of hydrogen-bond acceptors (Lipinski definition) is 4. The number of nitrogens with zero attached hydrogens (tertiary/aromatic N) is 1. The molecule has 0 saturated carbocycles. The van der Waals surface area contributed by atoms with E-state index in [9.17, 15) is 10.1 Å². The SMILES string of the molecule is CCOc1ccc(NC(=O)/C(C#N)=C/c2cccc(OCc3ccccc3)c2)cc1. The molecule has 0 spiro atoms. The lowest BCUT2D eigenvalue weighted by atomic mass is 10.1. The minimum Gasteiger partial charge on any atom is -0.494 e. The first kappa shape index (κ1) is 20.7. The highest BCUT2D eigenvalue weighted by atomic mass is 16.5. The summed E-state index contributed by atoms with van der Waals surface area (Å²) in [5.74, 6) is 0.910. The zero-order valence-electron chi connectivity index (χ0n) is 16.7. The summed E-state index contributed by atoms with van der Waals surface area (Å²) in [6, 6.07) is 26.1. The van der Waals surface area contributed by atoms with E-state index in [4.69, 9.17) is 9.47 Å². The molecule has 3 rings (SSSR count). The maximum Gasteiger partial charge on any atom is 0.266 e. The van der Waals surface area contributed by atoms with Crippen LogP contribution in [0.15, 0.2) is 84.4 Å². The molecule has 0 unspecified atom stereocenters. The summed E-state index contributed by atoms with van der Waals surface area (Å²) in [5, 5.41) is 12.2. The fourth-order valence-electron chi connectivity index (χ4n) is 2.75. The van der Waals surface area contributed by atoms with Gasteiger partial charge in [-0.2, -0.15) is 5.26 Å². The van der Waals surface area contributed by atoms with Gasteiger partial charge in [-0.15, -0.1) is 0 Å². The van der Waals surface area contributed by atoms with Crippen molar-refractivity contribution >= 4 is 17.7 Å². The van der Waals surface area contributed by atoms with Crippen molar-refractivity contribution < 1.29 is 14.3 Å². The van der Waals surface area contributed by atoms with Crippen molar-refractivity contribution in [2.75, 3.05) is 11.9 Å². The number of anilines is 1. The number of carbonyl (C=O) groups is 1. The molecular formula is C25H22N2O3. The highest BCUT2D eigenvalue weighted by molar-refractivity contribution is 6.09. The molecule has 1 N–H and O–H groups in total. The highest BCUT2D eigenvalue weighted by Gasteiger charge is 2.10. The molecule has 0 fully saturated rings. The van der Waals surface area contributed by atoms with Crippen LogP contribution in [0.4, 0.5) is 5.69 Å². The van der Waals surface area contributed by atoms with Gasteiger partial charge in [0.25, 0.3) is 5.91 Å². The van der Waals surface area contributed by atoms with Gasteiger partial charge in [-0.25, -0.2) is 0 Å². The van der Waals surface area contributed by atoms with Crippen LogP contribution >= 0.6 is 0 Å². The van der Waals surface area contributed by atoms with Crippen molar-refractivity contribution in [3.05, 3.63) is 95.6 Å². The second-order valence-corrected chi connectivity index (χ2v) is 6.43. The Bertz CT molecular complexity index is 1050. The van der Waals surface area contributed by atoms with Crippen molar-refractivity contribution in [3.8, 4) is 17.6 Å². The zero-order chi connectivity index (χ0) is 21.2. The molecule has 0 aliphatic rings. The molecule has 1 amide bonds. The molecule has 0 aliphatic carbocycles. The lowest BCUT2D eigenvalue weighted by Gasteiger charge is -2.08. The second kappa shape index (κ2) is 10.5. The summed E-state index contributed by atoms with van der Waals surface area (Å²) in [6.07, 6.45) is 1.54. The van der Waals surface area contributed by atoms with Crippen molar-refractivity contribution in [1.29, 1.82) is 5.26 Å². The average molecular weight is 398 g/mol. The topological polar surface area (TPSA) is 71.3 Å². The Morgan fingerprint density at radius 3 is 2.43 bits per heavy atom. The third-order valence-corrected chi connectivity index (χ3v) is 4.21. The van der Waals surface area contributed by atoms with Gasteiger partial charge in [0.2, 0.25) is 0 Å². The third-order valence-electron chi connectivity index (χ3n) is 4.21. The molecule has 0 aliphatic heterocycles. The van der Waals surface area contributed by atoms with Crippen molar-refractivity contribution in [3.63, 3.8) is 0 Å². The first-order chi connectivity index (χ1) is 14.7. The van der Waals surface area contributed by atoms with Gasteiger partial charge in [0.15, 0.2) is 0 Å². The Kier molecular flexibility index (Phi) is 7.23. The molecule has 0 atom stereocenters. The van der Waals surface area contributed by atoms with Gasteiger partial charge in [0.1, 0.15) is 29.7 Å². The number of rotatable bonds is 8. The van der Waals surface area contributed by atoms with Crippen LogP contribution in [-0.2, 0) is 11.4 Å². The zero-order valence-corrected chi connectivity index (χ0v) is 16.7. The number of ether oxygens (including phenoxy) is 2. The molecule has 5 heteroatoms. The lowest BCUT2D eigenvalue weighted by molar-refractivity contribution is -0.112. The van der Waals surface area contributed by atoms with Gasteiger partial charge < -0.3 is 14.8 Å². The molecule has 3 aromatic rings. The number of hydrogen-bond donors (Lipinski definition) is 1. The number of nitrogens with one attached hydrogen (secondary N) is 1. The van der Waals surface area contributed by atoms with Crippen LogP contribution in [0.25, 0.3) is 6.08 Å². The lowest BCUT2D eigenvalue weighted by Crippen LogP contribution is -2.13. The van der Waals surface area contributed by atoms with Crippen LogP contribution in [0.5, 0.6) is 11.5 Å². The fraction of sp³-hybridized carbons (Fsp3) is 0.120. The first-order valence-corrected chi connectivity index (χ1v) is 9.60. The predicted octanol–water partition coefficient (Wildman–Crippen LogP) is 5.21. The Hall–Kier alpha value is -4.04. The highest BCUT2D eigenvalue weighted by Crippen LogP contribution is 2.19. The van der Waals surface area contributed by atoms with Crippen LogP contribution in [0.3, 0.4) is 0 Å². The minimum atomic E-state index is -0.475. The summed E-state index contributed by atoms with van der Waals surface area (Å²) in [4.78, 5) is 12.5. The van der Waals surface area contributed by atoms with Crippen LogP contribution < -0.4 is 14.8 Å². The molecule has 3 aromatic carbocycles. The predicted molar refractivity (Wildman–Crippen MR) is 117 cm³/mol. The smallest absolute Gasteiger partial charge is 0.266 e. The molecular weight excluding hydrogens is 376 g/mol. The van der Waals surface area contributed by atoms with E-state index in [0.29, 0.717) is 30.2 Å². The standard InChI is InChI=1S/C25H22N2O3/c1-2-29-23-13-11-22(12-14-23)27-25(28)21(17-26)15-20-9-6-10-24(16-20)30-18-19-7-4-3-5-8-19/h3-16H,2,18H2,1H3,(H,27,28)/b21-15+. The molecule has 0 aromatic heterocycles. The molecule has 0 bridgehead atoms. The van der Waals surface area contributed by atoms with Crippen molar-refractivity contribution in [2.24, 2.45) is 0 Å². The van der Waals surface area contributed by atoms with Gasteiger partial charge in [-0.05, 0) is 60.5 Å². The van der Waals surface area contributed by atoms with E-state index in [0.717, 1.165) is 11.3 Å². The Balaban J connectivity index is 1.67. The summed E-state index contributed by atoms with van der Waals surface area (Å²) in [7, 11) is 0. The second-order valence-electron chi connectivity index (χ2n) is 6.43. The summed E-state index contributed by atoms with van der Waals surface area (Å²) >= 11 is 0. The number of benzene rings is 3. The number of amides is 1. The normalized spacial score (nSPS) is 10.7. The summed E-state index contributed by atoms with van der Waals surface area (Å²) in [6.45, 7) is 2.92. The van der Waals surface area contributed by atoms with Crippen LogP contribution in [0, 0.1) is 11.3 Å². The van der Waals surface area contributed by atoms with Crippen molar-refractivity contribution in [1.82, 2.24) is 0 Å². The fourth-order valence-corrected chi connectivity index (χ4v) is 2.75. The number of carbonyl (C=O) groups excluding carboxylic acids is 1. The summed E-state index contributed by atoms with van der Waals surface area (Å²) < 4.78 is 11.2. The molecule has 30 heavy (non-hydrogen) atoms.